The third kappa shape index (κ3) is 25.5. The van der Waals surface area contributed by atoms with E-state index < -0.39 is 280 Å². The number of anilines is 1. The second kappa shape index (κ2) is 48.4. The zero-order chi connectivity index (χ0) is 96.9. The largest absolute Gasteiger partial charge is 0.496 e. The number of carboxylic acid groups (broad SMARTS) is 2. The molecule has 41 nitrogen and oxygen atoms in total. The monoisotopic (exact) mass is 1900 g/mol. The highest BCUT2D eigenvalue weighted by Crippen LogP contribution is 2.68. The summed E-state index contributed by atoms with van der Waals surface area (Å²) < 4.78 is 11.9. The summed E-state index contributed by atoms with van der Waals surface area (Å²) >= 11 is 0. The van der Waals surface area contributed by atoms with Crippen LogP contribution in [0.5, 0.6) is 5.75 Å². The van der Waals surface area contributed by atoms with Gasteiger partial charge in [0.15, 0.2) is 11.4 Å². The molecule has 7 amide bonds. The number of ether oxygens (including phenoxy) is 2. The molecule has 1 aliphatic carbocycles. The Morgan fingerprint density at radius 2 is 1.27 bits per heavy atom. The Morgan fingerprint density at radius 1 is 0.667 bits per heavy atom. The Balaban J connectivity index is 0.877. The molecule has 1 spiro atoms. The molecule has 738 valence electrons. The van der Waals surface area contributed by atoms with Gasteiger partial charge in [0.25, 0.3) is 5.91 Å². The SMILES string of the molecule is CC[C@]1(O)C[C@H]2CN(CCc3c([nH]c4ccccc34)[C@@](C)(c3cc4c(cc3OC)N(C)[C@H]3[C@@](O)(C(=O)NNC(=O)OCCSSC[C@@H](O)NC(=O)[C@@H](CCC(=O)NC[C@H](O)[C@@H](O)[C@H](O)[C@H](O)CO)NC(=O)[C@@H](CCC(=O)O)CC(=O)[C@@H](CCC(=O)NC[C@H](O)[C@@H](O)[C@H](O)[C@H](O)CO)NC(=O)[C@@H](CCC(=O)O)CC(=O)CCCCCCCN)[C@H](O)[C@]5(CC)C=CCN6CC[C@]43[C@@H]65)C2)C1. The highest BCUT2D eigenvalue weighted by atomic mass is 33.1. The van der Waals surface area contributed by atoms with E-state index >= 15 is 4.79 Å². The number of carbonyl (C=O) groups excluding carboxylic acids is 9. The standard InChI is InChI=1S/C89H136N12O29S2/c1-6-86(127)41-49-40-85(3,76-54(27-32-100(44-49)48-86)53-17-12-13-18-57(53)93-76)56-38-55-60(39-66(56)129-5)99(4)81-88(55)29-33-101-31-15-28-87(7-2,80(88)101)82(124)89(81,128)83(125)97-98-84(126)130-34-35-131-132-47-69(112)96-79(123)59(22-24-68(111)92-43-63(107)73(118)75(120)65(109)46-103)95-78(122)51(20-26-71(115)116)37-61(105)58(21-23-67(110)91-42-62(106)72(117)74(119)64(108)45-102)94-77(121)50(19-25-70(113)114)36-52(104)16-11-9-8-10-14-30-90/h12-13,15,17-18,28,38-39,49-51,58-59,62-65,69,72-75,80-82,93,102-103,106-109,112,117-120,124,127-128H,6-11,14,16,19-27,29-37,40-48,90H2,1-5H3,(H,91,110)(H,92,111)(H,94,121)(H,95,122)(H,96,123)(H,97,125)(H,98,126)(H,113,114)(H,115,116)/t49-,50-,51-,58+,59+,62-,63-,64+,65+,69+,72+,73+,74+,75+,80-,81+,82+,85+,86-,87+,88+,89-/m0/s1. The zero-order valence-corrected chi connectivity index (χ0v) is 77.0. The maximum absolute atomic E-state index is 15.3. The van der Waals surface area contributed by atoms with Gasteiger partial charge in [0.05, 0.1) is 50.2 Å². The number of hydrogen-bond acceptors (Lipinski definition) is 33. The van der Waals surface area contributed by atoms with Crippen molar-refractivity contribution in [3.8, 4) is 5.75 Å². The third-order valence-electron chi connectivity index (χ3n) is 27.4. The van der Waals surface area contributed by atoms with Gasteiger partial charge in [0.2, 0.25) is 29.5 Å². The minimum absolute atomic E-state index is 0.00294. The number of aromatic amines is 1. The van der Waals surface area contributed by atoms with E-state index in [1.807, 2.05) is 49.1 Å². The molecule has 1 saturated carbocycles. The first-order valence-electron chi connectivity index (χ1n) is 45.4. The number of rotatable bonds is 53. The van der Waals surface area contributed by atoms with E-state index in [2.05, 4.69) is 77.3 Å². The highest BCUT2D eigenvalue weighted by Gasteiger charge is 2.79. The second-order valence-electron chi connectivity index (χ2n) is 36.3. The van der Waals surface area contributed by atoms with Crippen LogP contribution in [0, 0.1) is 23.2 Å². The van der Waals surface area contributed by atoms with Gasteiger partial charge in [0.1, 0.15) is 73.1 Å². The molecule has 132 heavy (non-hydrogen) atoms. The van der Waals surface area contributed by atoms with Gasteiger partial charge in [-0.1, -0.05) is 85.0 Å². The van der Waals surface area contributed by atoms with Gasteiger partial charge in [0, 0.05) is 171 Å². The average molecular weight is 1900 g/mol. The number of aliphatic hydroxyl groups is 14. The molecule has 23 atom stereocenters. The third-order valence-corrected chi connectivity index (χ3v) is 29.8. The Kier molecular flexibility index (Phi) is 39.4. The molecule has 1 unspecified atom stereocenters. The Labute approximate surface area is 773 Å². The number of hydrogen-bond donors (Lipinski definition) is 25. The first-order valence-corrected chi connectivity index (χ1v) is 47.9. The maximum atomic E-state index is 15.3. The van der Waals surface area contributed by atoms with Crippen LogP contribution in [-0.2, 0) is 69.9 Å². The van der Waals surface area contributed by atoms with Crippen molar-refractivity contribution in [3.05, 3.63) is 70.9 Å². The zero-order valence-electron chi connectivity index (χ0n) is 75.4. The number of para-hydroxylation sites is 1. The lowest BCUT2D eigenvalue weighted by atomic mass is 9.47. The predicted molar refractivity (Wildman–Crippen MR) is 482 cm³/mol. The number of carbonyl (C=O) groups is 11. The number of fused-ring (bicyclic) bond motifs is 6. The molecular formula is C89H136N12O29S2. The van der Waals surface area contributed by atoms with Crippen molar-refractivity contribution in [2.75, 3.05) is 103 Å². The number of aliphatic hydroxyl groups excluding tert-OH is 12. The van der Waals surface area contributed by atoms with E-state index in [0.29, 0.717) is 89.0 Å². The molecule has 5 aliphatic heterocycles. The van der Waals surface area contributed by atoms with Gasteiger partial charge in [-0.05, 0) is 126 Å². The number of H-pyrrole nitrogens is 1. The topological polar surface area (TPSA) is 666 Å². The number of aliphatic carboxylic acids is 2. The summed E-state index contributed by atoms with van der Waals surface area (Å²) in [5, 5.41) is 183. The number of carboxylic acids is 2. The normalized spacial score (nSPS) is 26.0. The lowest BCUT2D eigenvalue weighted by molar-refractivity contribution is -0.204. The quantitative estimate of drug-likeness (QED) is 0.00912. The number of aromatic nitrogens is 1. The molecular weight excluding hydrogens is 1770 g/mol. The molecule has 6 aliphatic rings. The Morgan fingerprint density at radius 3 is 1.87 bits per heavy atom. The van der Waals surface area contributed by atoms with Crippen LogP contribution >= 0.6 is 21.6 Å². The fourth-order valence-corrected chi connectivity index (χ4v) is 22.3. The number of nitrogens with two attached hydrogens (primary N) is 1. The van der Waals surface area contributed by atoms with E-state index in [4.69, 9.17) is 15.2 Å². The number of nitrogens with zero attached hydrogens (tertiary/aromatic N) is 3. The van der Waals surface area contributed by atoms with Gasteiger partial charge >= 0.3 is 18.0 Å². The summed E-state index contributed by atoms with van der Waals surface area (Å²) in [6, 6.07) is 7.16. The molecule has 1 aromatic heterocycles. The number of nitrogens with one attached hydrogen (secondary N) is 8. The Bertz CT molecular complexity index is 4500. The number of Topliss-reactive ketones (excluding diaryl/α,β-unsaturated/α-hetero) is 2. The van der Waals surface area contributed by atoms with Crippen LogP contribution in [0.2, 0.25) is 0 Å². The highest BCUT2D eigenvalue weighted by molar-refractivity contribution is 8.76. The smallest absolute Gasteiger partial charge is 0.426 e. The minimum Gasteiger partial charge on any atom is -0.496 e. The molecule has 2 aromatic carbocycles. The molecule has 6 heterocycles. The van der Waals surface area contributed by atoms with Crippen molar-refractivity contribution in [2.45, 2.75) is 269 Å². The van der Waals surface area contributed by atoms with Crippen LogP contribution in [0.15, 0.2) is 48.6 Å². The second-order valence-corrected chi connectivity index (χ2v) is 38.9. The predicted octanol–water partition coefficient (Wildman–Crippen LogP) is -2.52. The fraction of sp³-hybridized carbons (Fsp3) is 0.697. The molecule has 2 saturated heterocycles. The number of benzene rings is 2. The van der Waals surface area contributed by atoms with Crippen LogP contribution in [0.3, 0.4) is 0 Å². The van der Waals surface area contributed by atoms with Crippen LogP contribution in [0.1, 0.15) is 178 Å². The van der Waals surface area contributed by atoms with Crippen LogP contribution in [0.4, 0.5) is 10.5 Å². The summed E-state index contributed by atoms with van der Waals surface area (Å²) in [7, 11) is 5.35. The number of unbranched alkanes of at least 4 members (excludes halogenated alkanes) is 4. The van der Waals surface area contributed by atoms with E-state index in [0.717, 1.165) is 81.7 Å². The van der Waals surface area contributed by atoms with Crippen LogP contribution < -0.4 is 52.8 Å². The number of methoxy groups -OCH3 is 1. The van der Waals surface area contributed by atoms with Crippen molar-refractivity contribution >= 4 is 103 Å². The van der Waals surface area contributed by atoms with Crippen LogP contribution in [0.25, 0.3) is 10.9 Å². The molecule has 43 heteroatoms. The number of likely N-dealkylation sites (N-methyl/N-ethyl adjacent to an activating group) is 1. The maximum Gasteiger partial charge on any atom is 0.426 e. The summed E-state index contributed by atoms with van der Waals surface area (Å²) in [5.74, 6) is -13.7. The molecule has 3 fully saturated rings. The fourth-order valence-electron chi connectivity index (χ4n) is 20.5. The van der Waals surface area contributed by atoms with Crippen molar-refractivity contribution in [2.24, 2.45) is 28.9 Å². The van der Waals surface area contributed by atoms with Crippen molar-refractivity contribution < 1.29 is 144 Å². The van der Waals surface area contributed by atoms with Gasteiger partial charge in [-0.3, -0.25) is 63.2 Å². The summed E-state index contributed by atoms with van der Waals surface area (Å²) in [5.41, 5.74) is 9.23. The summed E-state index contributed by atoms with van der Waals surface area (Å²) in [6.07, 6.45) is -17.1. The Hall–Kier alpha value is -8.29. The van der Waals surface area contributed by atoms with E-state index in [1.165, 1.54) is 5.56 Å². The molecule has 2 bridgehead atoms. The van der Waals surface area contributed by atoms with Gasteiger partial charge in [-0.25, -0.2) is 10.2 Å². The first kappa shape index (κ1) is 107. The molecule has 3 aromatic rings. The number of piperidine rings is 1. The van der Waals surface area contributed by atoms with Crippen molar-refractivity contribution in [1.29, 1.82) is 0 Å². The molecule has 9 rings (SSSR count). The van der Waals surface area contributed by atoms with Crippen LogP contribution in [-0.4, -0.2) is 356 Å². The van der Waals surface area contributed by atoms with Gasteiger partial charge < -0.3 is 133 Å². The average Bonchev–Trinajstić information content (AvgIpc) is 1.47. The summed E-state index contributed by atoms with van der Waals surface area (Å²) in [4.78, 5) is 161. The summed E-state index contributed by atoms with van der Waals surface area (Å²) in [6.45, 7) is 5.84. The minimum atomic E-state index is -2.65. The number of hydrazine groups is 1. The van der Waals surface area contributed by atoms with Crippen molar-refractivity contribution in [3.63, 3.8) is 0 Å². The number of amides is 7. The van der Waals surface area contributed by atoms with Gasteiger partial charge in [-0.2, -0.15) is 0 Å². The van der Waals surface area contributed by atoms with E-state index in [9.17, 15) is 130 Å². The molecule has 26 N–H and O–H groups in total. The molecule has 0 radical (unpaired) electrons. The van der Waals surface area contributed by atoms with E-state index in [1.54, 1.807) is 14.2 Å². The van der Waals surface area contributed by atoms with E-state index in [-0.39, 0.29) is 30.5 Å². The van der Waals surface area contributed by atoms with Gasteiger partial charge in [-0.15, -0.1) is 0 Å². The lowest BCUT2D eigenvalue weighted by Crippen LogP contribution is -2.82. The lowest BCUT2D eigenvalue weighted by Gasteiger charge is -2.63. The number of ketones is 2. The first-order chi connectivity index (χ1) is 62.6. The van der Waals surface area contributed by atoms with Crippen molar-refractivity contribution in [1.82, 2.24) is 52.2 Å².